The number of nitrogens with one attached hydrogen (secondary N) is 2. The van der Waals surface area contributed by atoms with E-state index in [2.05, 4.69) is 10.0 Å². The predicted octanol–water partition coefficient (Wildman–Crippen LogP) is 2.80. The van der Waals surface area contributed by atoms with Crippen LogP contribution in [0.1, 0.15) is 11.1 Å². The molecule has 3 aromatic rings. The highest BCUT2D eigenvalue weighted by molar-refractivity contribution is 7.89. The summed E-state index contributed by atoms with van der Waals surface area (Å²) in [5.74, 6) is 0.707. The van der Waals surface area contributed by atoms with E-state index in [-0.39, 0.29) is 23.1 Å². The van der Waals surface area contributed by atoms with Crippen LogP contribution in [0.5, 0.6) is 11.5 Å². The molecule has 0 fully saturated rings. The first-order valence-electron chi connectivity index (χ1n) is 11.1. The minimum atomic E-state index is -4.14. The van der Waals surface area contributed by atoms with Crippen molar-refractivity contribution in [2.24, 2.45) is 0 Å². The Bertz CT molecular complexity index is 1350. The third-order valence-corrected chi connectivity index (χ3v) is 7.75. The fraction of sp³-hybridized carbons (Fsp3) is 0.240. The molecule has 0 bridgehead atoms. The molecule has 1 unspecified atom stereocenters. The first-order chi connectivity index (χ1) is 17.2. The average molecular weight is 532 g/mol. The summed E-state index contributed by atoms with van der Waals surface area (Å²) < 4.78 is 38.7. The summed E-state index contributed by atoms with van der Waals surface area (Å²) in [6.07, 6.45) is -1.56. The van der Waals surface area contributed by atoms with Gasteiger partial charge in [-0.15, -0.1) is 0 Å². The van der Waals surface area contributed by atoms with E-state index in [0.29, 0.717) is 22.7 Å². The van der Waals surface area contributed by atoms with Crippen LogP contribution in [0.4, 0.5) is 5.69 Å². The van der Waals surface area contributed by atoms with Crippen LogP contribution in [0.15, 0.2) is 71.6 Å². The number of hydrogen-bond acceptors (Lipinski definition) is 7. The number of nitrogens with zero attached hydrogens (tertiary/aromatic N) is 1. The monoisotopic (exact) mass is 531 g/mol. The molecule has 0 aromatic heterocycles. The maximum Gasteiger partial charge on any atom is 0.244 e. The molecule has 3 aromatic carbocycles. The smallest absolute Gasteiger partial charge is 0.244 e. The van der Waals surface area contributed by atoms with Crippen molar-refractivity contribution in [3.05, 3.63) is 82.9 Å². The van der Waals surface area contributed by atoms with Crippen LogP contribution in [-0.2, 0) is 21.2 Å². The van der Waals surface area contributed by atoms with Crippen molar-refractivity contribution in [3.8, 4) is 11.5 Å². The lowest BCUT2D eigenvalue weighted by Crippen LogP contribution is -2.55. The summed E-state index contributed by atoms with van der Waals surface area (Å²) in [6.45, 7) is 1.67. The zero-order chi connectivity index (χ0) is 25.9. The van der Waals surface area contributed by atoms with Crippen molar-refractivity contribution in [1.29, 1.82) is 0 Å². The number of benzene rings is 3. The van der Waals surface area contributed by atoms with E-state index in [1.165, 1.54) is 17.0 Å². The minimum Gasteiger partial charge on any atom is -0.454 e. The van der Waals surface area contributed by atoms with Gasteiger partial charge in [-0.25, -0.2) is 8.42 Å². The Morgan fingerprint density at radius 2 is 1.81 bits per heavy atom. The third-order valence-electron chi connectivity index (χ3n) is 5.79. The summed E-state index contributed by atoms with van der Waals surface area (Å²) in [6, 6.07) is 17.8. The van der Waals surface area contributed by atoms with Crippen LogP contribution in [0.2, 0.25) is 5.02 Å². The molecule has 0 saturated heterocycles. The summed E-state index contributed by atoms with van der Waals surface area (Å²) >= 11 is 6.06. The molecule has 2 atom stereocenters. The van der Waals surface area contributed by atoms with E-state index < -0.39 is 28.3 Å². The van der Waals surface area contributed by atoms with Gasteiger partial charge >= 0.3 is 0 Å². The molecule has 0 saturated carbocycles. The number of halogens is 1. The average Bonchev–Trinajstić information content (AvgIpc) is 3.32. The topological polar surface area (TPSA) is 117 Å². The molecule has 11 heteroatoms. The van der Waals surface area contributed by atoms with Crippen molar-refractivity contribution in [3.63, 3.8) is 0 Å². The van der Waals surface area contributed by atoms with Crippen molar-refractivity contribution in [2.45, 2.75) is 30.6 Å². The number of carbonyl (C=O) groups excluding carboxylic acids is 1. The van der Waals surface area contributed by atoms with E-state index in [1.54, 1.807) is 38.2 Å². The standard InChI is InChI=1S/C25H26ClN3O6S/c1-16-19(26)9-6-10-23(16)36(32,33)28-25(31)27-20(13-17-7-4-3-5-8-17)24(30)29(2)18-11-12-21-22(14-18)35-15-34-21/h3-12,14,20,25,27-28,31H,13,15H2,1-2H3/t20-,25?/m0/s1. The molecule has 1 amide bonds. The number of amides is 1. The van der Waals surface area contributed by atoms with Gasteiger partial charge in [0.2, 0.25) is 22.7 Å². The molecule has 0 aliphatic carbocycles. The number of anilines is 1. The number of sulfonamides is 1. The Balaban J connectivity index is 1.55. The normalized spacial score (nSPS) is 14.3. The first-order valence-corrected chi connectivity index (χ1v) is 12.9. The molecule has 36 heavy (non-hydrogen) atoms. The van der Waals surface area contributed by atoms with Gasteiger partial charge in [-0.1, -0.05) is 48.0 Å². The largest absolute Gasteiger partial charge is 0.454 e. The zero-order valence-corrected chi connectivity index (χ0v) is 21.2. The number of hydrogen-bond donors (Lipinski definition) is 3. The highest BCUT2D eigenvalue weighted by Gasteiger charge is 2.29. The molecule has 0 radical (unpaired) electrons. The lowest BCUT2D eigenvalue weighted by molar-refractivity contribution is -0.121. The Morgan fingerprint density at radius 1 is 1.08 bits per heavy atom. The Morgan fingerprint density at radius 3 is 2.56 bits per heavy atom. The number of likely N-dealkylation sites (N-methyl/N-ethyl adjacent to an activating group) is 1. The van der Waals surface area contributed by atoms with Gasteiger partial charge in [-0.2, -0.15) is 4.72 Å². The molecule has 190 valence electrons. The van der Waals surface area contributed by atoms with Gasteiger partial charge in [0.15, 0.2) is 17.9 Å². The second kappa shape index (κ2) is 10.9. The minimum absolute atomic E-state index is 0.0701. The van der Waals surface area contributed by atoms with Crippen LogP contribution in [0.25, 0.3) is 0 Å². The lowest BCUT2D eigenvalue weighted by Gasteiger charge is -2.27. The van der Waals surface area contributed by atoms with Gasteiger partial charge in [-0.05, 0) is 48.7 Å². The molecule has 1 heterocycles. The highest BCUT2D eigenvalue weighted by Crippen LogP contribution is 2.35. The summed E-state index contributed by atoms with van der Waals surface area (Å²) in [4.78, 5) is 14.8. The molecule has 9 nitrogen and oxygen atoms in total. The molecular weight excluding hydrogens is 506 g/mol. The molecule has 4 rings (SSSR count). The third kappa shape index (κ3) is 5.80. The lowest BCUT2D eigenvalue weighted by atomic mass is 10.0. The van der Waals surface area contributed by atoms with Gasteiger partial charge in [0.25, 0.3) is 0 Å². The van der Waals surface area contributed by atoms with Crippen molar-refractivity contribution < 1.29 is 27.8 Å². The van der Waals surface area contributed by atoms with Gasteiger partial charge in [-0.3, -0.25) is 10.1 Å². The molecule has 0 spiro atoms. The summed E-state index contributed by atoms with van der Waals surface area (Å²) in [5.41, 5.74) is 1.72. The van der Waals surface area contributed by atoms with E-state index in [0.717, 1.165) is 5.56 Å². The van der Waals surface area contributed by atoms with Gasteiger partial charge in [0.1, 0.15) is 0 Å². The number of ether oxygens (including phenoxy) is 2. The van der Waals surface area contributed by atoms with Gasteiger partial charge < -0.3 is 19.5 Å². The summed E-state index contributed by atoms with van der Waals surface area (Å²) in [7, 11) is -2.55. The van der Waals surface area contributed by atoms with Gasteiger partial charge in [0, 0.05) is 23.8 Å². The van der Waals surface area contributed by atoms with Crippen LogP contribution >= 0.6 is 11.6 Å². The maximum absolute atomic E-state index is 13.5. The zero-order valence-electron chi connectivity index (χ0n) is 19.6. The molecular formula is C25H26ClN3O6S. The van der Waals surface area contributed by atoms with E-state index in [9.17, 15) is 18.3 Å². The van der Waals surface area contributed by atoms with E-state index >= 15 is 0 Å². The molecule has 1 aliphatic heterocycles. The number of rotatable bonds is 9. The van der Waals surface area contributed by atoms with Crippen molar-refractivity contribution >= 4 is 33.2 Å². The predicted molar refractivity (Wildman–Crippen MR) is 136 cm³/mol. The van der Waals surface area contributed by atoms with Crippen molar-refractivity contribution in [1.82, 2.24) is 10.0 Å². The van der Waals surface area contributed by atoms with Crippen LogP contribution in [-0.4, -0.2) is 45.7 Å². The number of carbonyl (C=O) groups is 1. The molecule has 1 aliphatic rings. The number of fused-ring (bicyclic) bond motifs is 1. The Hall–Kier alpha value is -3.15. The summed E-state index contributed by atoms with van der Waals surface area (Å²) in [5, 5.41) is 13.6. The van der Waals surface area contributed by atoms with Gasteiger partial charge in [0.05, 0.1) is 10.9 Å². The number of aliphatic hydroxyl groups excluding tert-OH is 1. The van der Waals surface area contributed by atoms with Crippen LogP contribution < -0.4 is 24.4 Å². The fourth-order valence-corrected chi connectivity index (χ4v) is 5.33. The van der Waals surface area contributed by atoms with E-state index in [4.69, 9.17) is 21.1 Å². The highest BCUT2D eigenvalue weighted by atomic mass is 35.5. The quantitative estimate of drug-likeness (QED) is 0.363. The second-order valence-corrected chi connectivity index (χ2v) is 10.3. The van der Waals surface area contributed by atoms with Crippen LogP contribution in [0.3, 0.4) is 0 Å². The Kier molecular flexibility index (Phi) is 7.82. The first kappa shape index (κ1) is 25.9. The Labute approximate surface area is 214 Å². The van der Waals surface area contributed by atoms with Crippen LogP contribution in [0, 0.1) is 6.92 Å². The van der Waals surface area contributed by atoms with E-state index in [1.807, 2.05) is 30.3 Å². The maximum atomic E-state index is 13.5. The SMILES string of the molecule is Cc1c(Cl)cccc1S(=O)(=O)NC(O)N[C@@H](Cc1ccccc1)C(=O)N(C)c1ccc2c(c1)OCO2. The number of aliphatic hydroxyl groups is 1. The fourth-order valence-electron chi connectivity index (χ4n) is 3.84. The molecule has 3 N–H and O–H groups in total. The van der Waals surface area contributed by atoms with Crippen molar-refractivity contribution in [2.75, 3.05) is 18.7 Å². The second-order valence-electron chi connectivity index (χ2n) is 8.23.